The topological polar surface area (TPSA) is 23.5 Å². The normalized spacial score (nSPS) is 23.0. The summed E-state index contributed by atoms with van der Waals surface area (Å²) in [5, 5.41) is 10.3. The molecule has 0 saturated carbocycles. The second kappa shape index (κ2) is 4.84. The van der Waals surface area contributed by atoms with Crippen molar-refractivity contribution in [2.24, 2.45) is 5.41 Å². The number of likely N-dealkylation sites (tertiary alicyclic amines) is 1. The van der Waals surface area contributed by atoms with Crippen molar-refractivity contribution >= 4 is 0 Å². The number of nitrogens with zero attached hydrogens (tertiary/aromatic N) is 1. The van der Waals surface area contributed by atoms with Crippen LogP contribution in [0.5, 0.6) is 0 Å². The number of piperidine rings is 1. The summed E-state index contributed by atoms with van der Waals surface area (Å²) in [7, 11) is 0. The van der Waals surface area contributed by atoms with E-state index in [1.807, 2.05) is 0 Å². The molecule has 1 fully saturated rings. The lowest BCUT2D eigenvalue weighted by Gasteiger charge is -2.41. The third-order valence-corrected chi connectivity index (χ3v) is 3.81. The lowest BCUT2D eigenvalue weighted by atomic mass is 9.83. The Morgan fingerprint density at radius 3 is 2.33 bits per heavy atom. The van der Waals surface area contributed by atoms with Crippen LogP contribution in [0, 0.1) is 5.41 Å². The first-order chi connectivity index (χ1) is 6.91. The van der Waals surface area contributed by atoms with Gasteiger partial charge in [0.25, 0.3) is 0 Å². The van der Waals surface area contributed by atoms with E-state index < -0.39 is 5.60 Å². The van der Waals surface area contributed by atoms with Gasteiger partial charge in [0, 0.05) is 13.1 Å². The molecule has 0 aromatic heterocycles. The first-order valence-electron chi connectivity index (χ1n) is 6.35. The first-order valence-corrected chi connectivity index (χ1v) is 6.35. The van der Waals surface area contributed by atoms with E-state index in [2.05, 4.69) is 32.6 Å². The lowest BCUT2D eigenvalue weighted by Crippen LogP contribution is -2.48. The van der Waals surface area contributed by atoms with Crippen molar-refractivity contribution in [1.82, 2.24) is 4.90 Å². The largest absolute Gasteiger partial charge is 0.389 e. The molecule has 2 heteroatoms. The van der Waals surface area contributed by atoms with Gasteiger partial charge in [-0.1, -0.05) is 27.7 Å². The third-order valence-electron chi connectivity index (χ3n) is 3.81. The predicted octanol–water partition coefficient (Wildman–Crippen LogP) is 2.66. The summed E-state index contributed by atoms with van der Waals surface area (Å²) in [6, 6.07) is 0. The van der Waals surface area contributed by atoms with Gasteiger partial charge in [-0.15, -0.1) is 0 Å². The van der Waals surface area contributed by atoms with Crippen LogP contribution in [0.3, 0.4) is 0 Å². The van der Waals surface area contributed by atoms with E-state index in [-0.39, 0.29) is 0 Å². The third kappa shape index (κ3) is 3.76. The molecule has 0 aliphatic carbocycles. The monoisotopic (exact) mass is 213 g/mol. The van der Waals surface area contributed by atoms with Gasteiger partial charge in [0.1, 0.15) is 0 Å². The van der Waals surface area contributed by atoms with E-state index in [1.54, 1.807) is 0 Å². The summed E-state index contributed by atoms with van der Waals surface area (Å²) < 4.78 is 0. The van der Waals surface area contributed by atoms with E-state index in [4.69, 9.17) is 0 Å². The van der Waals surface area contributed by atoms with E-state index >= 15 is 0 Å². The summed E-state index contributed by atoms with van der Waals surface area (Å²) in [5.74, 6) is 0. The van der Waals surface area contributed by atoms with Crippen LogP contribution in [-0.2, 0) is 0 Å². The Morgan fingerprint density at radius 1 is 1.27 bits per heavy atom. The minimum atomic E-state index is -0.465. The van der Waals surface area contributed by atoms with Crippen LogP contribution in [-0.4, -0.2) is 35.2 Å². The molecule has 0 bridgehead atoms. The van der Waals surface area contributed by atoms with E-state index in [1.165, 1.54) is 12.8 Å². The van der Waals surface area contributed by atoms with Crippen LogP contribution >= 0.6 is 0 Å². The molecule has 0 spiro atoms. The van der Waals surface area contributed by atoms with Crippen molar-refractivity contribution in [2.75, 3.05) is 19.6 Å². The average molecular weight is 213 g/mol. The molecule has 2 nitrogen and oxygen atoms in total. The van der Waals surface area contributed by atoms with E-state index in [0.717, 1.165) is 32.5 Å². The fourth-order valence-electron chi connectivity index (χ4n) is 2.57. The molecule has 1 aliphatic rings. The molecule has 0 radical (unpaired) electrons. The Hall–Kier alpha value is -0.0800. The summed E-state index contributed by atoms with van der Waals surface area (Å²) in [6.07, 6.45) is 4.32. The summed E-state index contributed by atoms with van der Waals surface area (Å²) in [5.41, 5.74) is -0.0337. The highest BCUT2D eigenvalue weighted by molar-refractivity contribution is 4.85. The molecule has 1 N–H and O–H groups in total. The summed E-state index contributed by atoms with van der Waals surface area (Å²) >= 11 is 0. The Bertz CT molecular complexity index is 197. The van der Waals surface area contributed by atoms with Gasteiger partial charge in [0.05, 0.1) is 5.60 Å². The number of rotatable bonds is 4. The van der Waals surface area contributed by atoms with Crippen LogP contribution in [0.4, 0.5) is 0 Å². The van der Waals surface area contributed by atoms with Crippen LogP contribution in [0.25, 0.3) is 0 Å². The van der Waals surface area contributed by atoms with Crippen LogP contribution < -0.4 is 0 Å². The Morgan fingerprint density at radius 2 is 1.87 bits per heavy atom. The molecule has 1 rings (SSSR count). The van der Waals surface area contributed by atoms with Crippen molar-refractivity contribution in [3.63, 3.8) is 0 Å². The molecule has 0 aromatic carbocycles. The van der Waals surface area contributed by atoms with Crippen LogP contribution in [0.15, 0.2) is 0 Å². The maximum absolute atomic E-state index is 10.3. The standard InChI is InChI=1S/C13H27NO/c1-5-13(15,6-2)11-14-9-7-8-12(3,4)10-14/h15H,5-11H2,1-4H3. The smallest absolute Gasteiger partial charge is 0.0768 e. The van der Waals surface area contributed by atoms with Crippen molar-refractivity contribution < 1.29 is 5.11 Å². The van der Waals surface area contributed by atoms with E-state index in [0.29, 0.717) is 5.41 Å². The highest BCUT2D eigenvalue weighted by Crippen LogP contribution is 2.30. The molecule has 90 valence electrons. The molecule has 1 heterocycles. The average Bonchev–Trinajstić information content (AvgIpc) is 2.16. The SMILES string of the molecule is CCC(O)(CC)CN1CCCC(C)(C)C1. The molecule has 0 aromatic rings. The predicted molar refractivity (Wildman–Crippen MR) is 65.0 cm³/mol. The number of aliphatic hydroxyl groups is 1. The highest BCUT2D eigenvalue weighted by Gasteiger charge is 2.31. The molecule has 0 unspecified atom stereocenters. The lowest BCUT2D eigenvalue weighted by molar-refractivity contribution is -0.0220. The molecular weight excluding hydrogens is 186 g/mol. The number of hydrogen-bond donors (Lipinski definition) is 1. The van der Waals surface area contributed by atoms with Gasteiger partial charge < -0.3 is 5.11 Å². The van der Waals surface area contributed by atoms with Gasteiger partial charge >= 0.3 is 0 Å². The summed E-state index contributed by atoms with van der Waals surface area (Å²) in [4.78, 5) is 2.44. The van der Waals surface area contributed by atoms with Crippen LogP contribution in [0.2, 0.25) is 0 Å². The Labute approximate surface area is 94.7 Å². The van der Waals surface area contributed by atoms with Crippen molar-refractivity contribution in [2.45, 2.75) is 59.0 Å². The fraction of sp³-hybridized carbons (Fsp3) is 1.00. The summed E-state index contributed by atoms with van der Waals surface area (Å²) in [6.45, 7) is 12.0. The number of hydrogen-bond acceptors (Lipinski definition) is 2. The number of β-amino-alcohol motifs (C(OH)–C–C–N with tert-alkyl or cyclic N) is 1. The first kappa shape index (κ1) is 13.0. The zero-order valence-corrected chi connectivity index (χ0v) is 10.8. The minimum Gasteiger partial charge on any atom is -0.389 e. The second-order valence-electron chi connectivity index (χ2n) is 5.91. The Kier molecular flexibility index (Phi) is 4.19. The molecular formula is C13H27NO. The second-order valence-corrected chi connectivity index (χ2v) is 5.91. The molecule has 1 saturated heterocycles. The zero-order valence-electron chi connectivity index (χ0n) is 10.8. The van der Waals surface area contributed by atoms with E-state index in [9.17, 15) is 5.11 Å². The van der Waals surface area contributed by atoms with Crippen molar-refractivity contribution in [3.8, 4) is 0 Å². The van der Waals surface area contributed by atoms with Gasteiger partial charge in [-0.05, 0) is 37.6 Å². The maximum Gasteiger partial charge on any atom is 0.0768 e. The quantitative estimate of drug-likeness (QED) is 0.776. The molecule has 15 heavy (non-hydrogen) atoms. The Balaban J connectivity index is 2.51. The molecule has 1 aliphatic heterocycles. The minimum absolute atomic E-state index is 0.431. The van der Waals surface area contributed by atoms with Crippen molar-refractivity contribution in [1.29, 1.82) is 0 Å². The van der Waals surface area contributed by atoms with Crippen molar-refractivity contribution in [3.05, 3.63) is 0 Å². The van der Waals surface area contributed by atoms with Gasteiger partial charge in [0.15, 0.2) is 0 Å². The van der Waals surface area contributed by atoms with Gasteiger partial charge in [-0.25, -0.2) is 0 Å². The maximum atomic E-state index is 10.3. The van der Waals surface area contributed by atoms with Crippen LogP contribution in [0.1, 0.15) is 53.4 Å². The highest BCUT2D eigenvalue weighted by atomic mass is 16.3. The van der Waals surface area contributed by atoms with Gasteiger partial charge in [0.2, 0.25) is 0 Å². The van der Waals surface area contributed by atoms with Gasteiger partial charge in [-0.3, -0.25) is 4.90 Å². The molecule has 0 amide bonds. The fourth-order valence-corrected chi connectivity index (χ4v) is 2.57. The molecule has 0 atom stereocenters. The van der Waals surface area contributed by atoms with Gasteiger partial charge in [-0.2, -0.15) is 0 Å². The zero-order chi connectivity index (χ0) is 11.5.